The Labute approximate surface area is 656 Å². The number of primary amides is 1. The zero-order chi connectivity index (χ0) is 79.1. The molecule has 1 atom stereocenters. The van der Waals surface area contributed by atoms with Crippen molar-refractivity contribution < 1.29 is 47.3 Å². The van der Waals surface area contributed by atoms with E-state index in [1.165, 1.54) is 14.2 Å². The highest BCUT2D eigenvalue weighted by molar-refractivity contribution is 7.09. The first-order chi connectivity index (χ1) is 55.8. The molecule has 10 N–H and O–H groups in total. The number of hydrogen-bond donors (Lipinski definition) is 9. The van der Waals surface area contributed by atoms with Gasteiger partial charge in [-0.2, -0.15) is 20.4 Å². The van der Waals surface area contributed by atoms with Gasteiger partial charge in [0.1, 0.15) is 34.8 Å². The fraction of sp³-hybridized carbons (Fsp3) is 0.128. The topological polar surface area (TPSA) is 376 Å². The summed E-state index contributed by atoms with van der Waals surface area (Å²) in [6.45, 7) is 0.778. The zero-order valence-corrected chi connectivity index (χ0v) is 63.0. The first-order valence-electron chi connectivity index (χ1n) is 36.0. The number of benzene rings is 5. The monoisotopic (exact) mass is 1540 g/mol. The predicted molar refractivity (Wildman–Crippen MR) is 440 cm³/mol. The highest BCUT2D eigenvalue weighted by Crippen LogP contribution is 2.37. The van der Waals surface area contributed by atoms with Gasteiger partial charge < -0.3 is 50.4 Å². The quantitative estimate of drug-likeness (QED) is 0.0257. The summed E-state index contributed by atoms with van der Waals surface area (Å²) in [5, 5.41) is 45.6. The third-order valence-electron chi connectivity index (χ3n) is 17.9. The van der Waals surface area contributed by atoms with Crippen molar-refractivity contribution in [3.05, 3.63) is 296 Å². The number of nitrogens with zero attached hydrogens (tertiary/aromatic N) is 8. The van der Waals surface area contributed by atoms with Crippen molar-refractivity contribution in [3.8, 4) is 23.0 Å². The van der Waals surface area contributed by atoms with Crippen LogP contribution in [0.4, 0.5) is 0 Å². The molecule has 5 amide bonds. The van der Waals surface area contributed by atoms with Gasteiger partial charge in [0.05, 0.1) is 159 Å². The lowest BCUT2D eigenvalue weighted by atomic mass is 10.0. The molecule has 0 bridgehead atoms. The number of furan rings is 1. The Kier molecular flexibility index (Phi) is 25.4. The minimum absolute atomic E-state index is 0.109. The van der Waals surface area contributed by atoms with Gasteiger partial charge in [-0.15, -0.1) is 11.3 Å². The Balaban J connectivity index is 0.000000133. The van der Waals surface area contributed by atoms with Gasteiger partial charge in [-0.05, 0) is 188 Å². The summed E-state index contributed by atoms with van der Waals surface area (Å²) in [5.74, 6) is 0.887. The minimum Gasteiger partial charge on any atom is -0.495 e. The summed E-state index contributed by atoms with van der Waals surface area (Å²) in [6, 6.07) is 53.0. The summed E-state index contributed by atoms with van der Waals surface area (Å²) in [6.07, 6.45) is 25.8. The van der Waals surface area contributed by atoms with Gasteiger partial charge in [0.2, 0.25) is 5.91 Å². The first-order valence-corrected chi connectivity index (χ1v) is 36.9. The molecule has 5 aromatic carbocycles. The molecule has 0 saturated heterocycles. The number of pyridine rings is 4. The van der Waals surface area contributed by atoms with Crippen LogP contribution in [0.3, 0.4) is 0 Å². The van der Waals surface area contributed by atoms with Gasteiger partial charge in [0.15, 0.2) is 0 Å². The molecule has 0 spiro atoms. The normalized spacial score (nSPS) is 12.1. The van der Waals surface area contributed by atoms with Crippen LogP contribution in [-0.4, -0.2) is 131 Å². The van der Waals surface area contributed by atoms with Crippen molar-refractivity contribution >= 4 is 133 Å². The van der Waals surface area contributed by atoms with Crippen LogP contribution in [0.25, 0.3) is 92.2 Å². The van der Waals surface area contributed by atoms with Crippen molar-refractivity contribution in [2.75, 3.05) is 28.4 Å². The fourth-order valence-electron chi connectivity index (χ4n) is 12.2. The number of aromatic nitrogens is 12. The molecule has 572 valence electrons. The number of rotatable bonds is 25. The number of nitrogens with two attached hydrogens (primary N) is 1. The summed E-state index contributed by atoms with van der Waals surface area (Å²) < 4.78 is 27.6. The first kappa shape index (κ1) is 77.2. The molecule has 16 rings (SSSR count). The maximum atomic E-state index is 13.1. The van der Waals surface area contributed by atoms with Crippen LogP contribution >= 0.6 is 11.3 Å². The van der Waals surface area contributed by atoms with Gasteiger partial charge in [-0.25, -0.2) is 0 Å². The van der Waals surface area contributed by atoms with Crippen LogP contribution in [0.15, 0.2) is 217 Å². The molecule has 10 aromatic heterocycles. The molecule has 0 aliphatic heterocycles. The largest absolute Gasteiger partial charge is 0.495 e. The van der Waals surface area contributed by atoms with Crippen LogP contribution in [0.1, 0.15) is 116 Å². The Hall–Kier alpha value is -14.9. The van der Waals surface area contributed by atoms with Crippen molar-refractivity contribution in [3.63, 3.8) is 0 Å². The zero-order valence-electron chi connectivity index (χ0n) is 62.2. The van der Waals surface area contributed by atoms with Gasteiger partial charge in [0, 0.05) is 42.1 Å². The number of nitrogens with one attached hydrogen (secondary N) is 8. The molecular weight excluding hydrogens is 1460 g/mol. The summed E-state index contributed by atoms with van der Waals surface area (Å²) in [7, 11) is 6.16. The van der Waals surface area contributed by atoms with Crippen LogP contribution in [0.2, 0.25) is 0 Å². The van der Waals surface area contributed by atoms with E-state index in [4.69, 9.17) is 29.1 Å². The molecule has 1 saturated carbocycles. The Morgan fingerprint density at radius 3 is 1.18 bits per heavy atom. The average Bonchev–Trinajstić information content (AvgIpc) is 1.62. The van der Waals surface area contributed by atoms with Crippen LogP contribution in [0, 0.1) is 0 Å². The number of hydrogen-bond acceptors (Lipinski definition) is 19. The predicted octanol–water partition coefficient (Wildman–Crippen LogP) is 13.8. The maximum Gasteiger partial charge on any atom is 0.255 e. The fourth-order valence-corrected chi connectivity index (χ4v) is 12.8. The van der Waals surface area contributed by atoms with E-state index in [1.54, 1.807) is 105 Å². The molecule has 15 aromatic rings. The van der Waals surface area contributed by atoms with Gasteiger partial charge in [-0.3, -0.25) is 64.3 Å². The molecule has 1 aliphatic carbocycles. The van der Waals surface area contributed by atoms with Crippen molar-refractivity contribution in [1.29, 1.82) is 0 Å². The van der Waals surface area contributed by atoms with Gasteiger partial charge >= 0.3 is 0 Å². The molecule has 0 radical (unpaired) electrons. The number of amides is 5. The lowest BCUT2D eigenvalue weighted by Crippen LogP contribution is -2.45. The SMILES string of the molecule is COc1c(C(=O)NC(Cc2ccccc2)C(N)=O)ccc2n[nH]c(/C=C/c3ccccn3)c12.COc1c(C(=O)NC2CC2)ccc2n[nH]c(/C=C/c3ccccn3)c12.COc1c(C(=O)NCc2ccco2)ccc2n[nH]c(/C=C/c3ccccn3)c12.COc1c(C(=O)NCc2cccs2)ccc2n[nH]c(/C=C/c3ccccn3)c12. The highest BCUT2D eigenvalue weighted by Gasteiger charge is 2.28. The second-order valence-electron chi connectivity index (χ2n) is 25.5. The van der Waals surface area contributed by atoms with Crippen molar-refractivity contribution in [2.24, 2.45) is 5.73 Å². The number of carbonyl (C=O) groups excluding carboxylic acids is 5. The highest BCUT2D eigenvalue weighted by atomic mass is 32.1. The Morgan fingerprint density at radius 1 is 0.447 bits per heavy atom. The molecule has 27 nitrogen and oxygen atoms in total. The number of carbonyl (C=O) groups is 5. The Morgan fingerprint density at radius 2 is 0.833 bits per heavy atom. The van der Waals surface area contributed by atoms with Crippen molar-refractivity contribution in [1.82, 2.24) is 82.0 Å². The molecule has 1 unspecified atom stereocenters. The molecule has 1 aliphatic rings. The number of methoxy groups -OCH3 is 4. The lowest BCUT2D eigenvalue weighted by molar-refractivity contribution is -0.119. The van der Waals surface area contributed by atoms with E-state index in [2.05, 4.69) is 82.0 Å². The standard InChI is InChI=1S/C25H23N5O3.C21H18N4O3.C21H18N4O2S.C19H18N4O2/c1-33-23-18(25(32)28-21(24(26)31)15-16-7-3-2-4-8-16)11-13-20-22(23)19(29-30-20)12-10-17-9-5-6-14-27-17;2*1-27-20-16(21(26)23-13-15-6-4-12-28-15)8-10-18-19(20)17(24-25-18)9-7-14-5-2-3-11-22-14;1-25-18-14(19(24)21-13-5-6-13)8-10-16-17(18)15(22-23-16)9-7-12-4-2-3-11-20-12/h2-14,21H,15H2,1H3,(H2,26,31)(H,28,32)(H,29,30);2*2-12H,13H2,1H3,(H,23,26)(H,24,25);2-4,7-11,13H,5-6H2,1H3,(H,21,24)(H,22,23)/b12-10+;3*9-7+. The molecule has 114 heavy (non-hydrogen) atoms. The number of ether oxygens (including phenoxy) is 4. The summed E-state index contributed by atoms with van der Waals surface area (Å²) in [5.41, 5.74) is 17.2. The summed E-state index contributed by atoms with van der Waals surface area (Å²) >= 11 is 1.60. The molecular formula is C86H77N17O10S. The van der Waals surface area contributed by atoms with Gasteiger partial charge in [-0.1, -0.05) is 60.7 Å². The van der Waals surface area contributed by atoms with E-state index < -0.39 is 17.9 Å². The van der Waals surface area contributed by atoms with Gasteiger partial charge in [0.25, 0.3) is 23.6 Å². The summed E-state index contributed by atoms with van der Waals surface area (Å²) in [4.78, 5) is 81.2. The maximum absolute atomic E-state index is 13.1. The molecule has 28 heteroatoms. The second kappa shape index (κ2) is 37.5. The van der Waals surface area contributed by atoms with Crippen LogP contribution in [0.5, 0.6) is 23.0 Å². The number of aromatic amines is 4. The average molecular weight is 1540 g/mol. The third kappa shape index (κ3) is 19.2. The lowest BCUT2D eigenvalue weighted by Gasteiger charge is -2.17. The van der Waals surface area contributed by atoms with Crippen LogP contribution < -0.4 is 45.9 Å². The number of thiophene rings is 1. The van der Waals surface area contributed by atoms with E-state index in [9.17, 15) is 24.0 Å². The third-order valence-corrected chi connectivity index (χ3v) is 18.8. The van der Waals surface area contributed by atoms with E-state index >= 15 is 0 Å². The number of fused-ring (bicyclic) bond motifs is 4. The smallest absolute Gasteiger partial charge is 0.255 e. The van der Waals surface area contributed by atoms with E-state index in [0.717, 1.165) is 90.3 Å². The second-order valence-corrected chi connectivity index (χ2v) is 26.5. The molecule has 10 heterocycles. The molecule has 1 fully saturated rings. The van der Waals surface area contributed by atoms with Crippen molar-refractivity contribution in [2.45, 2.75) is 44.4 Å². The number of H-pyrrole nitrogens is 4. The Bertz CT molecular complexity index is 5740. The minimum atomic E-state index is -0.867. The van der Waals surface area contributed by atoms with E-state index in [1.807, 2.05) is 181 Å². The van der Waals surface area contributed by atoms with Crippen LogP contribution in [-0.2, 0) is 24.3 Å². The van der Waals surface area contributed by atoms with E-state index in [-0.39, 0.29) is 29.7 Å². The van der Waals surface area contributed by atoms with E-state index in [0.29, 0.717) is 86.7 Å².